The third-order valence-corrected chi connectivity index (χ3v) is 1.48. The average molecular weight is 184 g/mol. The number of aliphatic hydroxyl groups is 2. The van der Waals surface area contributed by atoms with Crippen LogP contribution in [0.15, 0.2) is 0 Å². The van der Waals surface area contributed by atoms with Crippen LogP contribution in [0.5, 0.6) is 0 Å². The minimum Gasteiger partial charge on any atom is -0.396 e. The molecule has 0 saturated carbocycles. The van der Waals surface area contributed by atoms with Gasteiger partial charge in [-0.2, -0.15) is 0 Å². The average Bonchev–Trinajstić information content (AvgIpc) is 2.05. The molecule has 0 unspecified atom stereocenters. The lowest BCUT2D eigenvalue weighted by atomic mass is 10.1. The standard InChI is InChI=1S/C10H16O3/c1-2-3-4-5-9(12)8-10(13)6-7-11/h2-5,10-11,13H,6-8H2,1H3/t10-/m0/s1. The molecule has 0 aliphatic carbocycles. The Kier molecular flexibility index (Phi) is 7.94. The first-order valence-corrected chi connectivity index (χ1v) is 4.31. The number of rotatable bonds is 8. The van der Waals surface area contributed by atoms with Crippen molar-refractivity contribution in [3.63, 3.8) is 0 Å². The highest BCUT2D eigenvalue weighted by molar-refractivity contribution is 5.89. The fourth-order valence-electron chi connectivity index (χ4n) is 0.825. The van der Waals surface area contributed by atoms with Crippen molar-refractivity contribution in [1.29, 1.82) is 0 Å². The fraction of sp³-hybridized carbons (Fsp3) is 0.500. The highest BCUT2D eigenvalue weighted by Crippen LogP contribution is 2.03. The van der Waals surface area contributed by atoms with Gasteiger partial charge in [0.1, 0.15) is 5.78 Å². The van der Waals surface area contributed by atoms with Crippen molar-refractivity contribution in [2.24, 2.45) is 0 Å². The maximum atomic E-state index is 11.0. The Morgan fingerprint density at radius 2 is 2.15 bits per heavy atom. The Balaban J connectivity index is 3.38. The van der Waals surface area contributed by atoms with Crippen molar-refractivity contribution in [3.05, 3.63) is 25.7 Å². The summed E-state index contributed by atoms with van der Waals surface area (Å²) in [7, 11) is 0. The fourth-order valence-corrected chi connectivity index (χ4v) is 0.825. The first kappa shape index (κ1) is 12.6. The molecule has 3 heteroatoms. The third-order valence-electron chi connectivity index (χ3n) is 1.48. The zero-order valence-corrected chi connectivity index (χ0v) is 7.81. The summed E-state index contributed by atoms with van der Waals surface area (Å²) in [5.41, 5.74) is 0. The van der Waals surface area contributed by atoms with Crippen LogP contribution in [0.25, 0.3) is 0 Å². The van der Waals surface area contributed by atoms with Crippen LogP contribution in [-0.4, -0.2) is 28.7 Å². The summed E-state index contributed by atoms with van der Waals surface area (Å²) in [5, 5.41) is 17.6. The van der Waals surface area contributed by atoms with Crippen molar-refractivity contribution in [2.75, 3.05) is 6.61 Å². The molecule has 3 nitrogen and oxygen atoms in total. The molecule has 0 saturated heterocycles. The first-order chi connectivity index (χ1) is 6.20. The van der Waals surface area contributed by atoms with Gasteiger partial charge in [-0.25, -0.2) is 0 Å². The molecule has 0 aromatic rings. The van der Waals surface area contributed by atoms with Gasteiger partial charge in [-0.15, -0.1) is 0 Å². The molecule has 2 N–H and O–H groups in total. The van der Waals surface area contributed by atoms with Crippen LogP contribution in [0.1, 0.15) is 19.8 Å². The predicted octanol–water partition coefficient (Wildman–Crippen LogP) is 0.526. The van der Waals surface area contributed by atoms with Gasteiger partial charge in [0.15, 0.2) is 0 Å². The monoisotopic (exact) mass is 184 g/mol. The highest BCUT2D eigenvalue weighted by Gasteiger charge is 2.09. The summed E-state index contributed by atoms with van der Waals surface area (Å²) in [5.74, 6) is -0.126. The number of hydrogen-bond donors (Lipinski definition) is 2. The zero-order chi connectivity index (χ0) is 10.1. The smallest absolute Gasteiger partial charge is 0.139 e. The van der Waals surface area contributed by atoms with Crippen LogP contribution in [0.4, 0.5) is 0 Å². The minimum atomic E-state index is -0.729. The molecule has 1 atom stereocenters. The lowest BCUT2D eigenvalue weighted by molar-refractivity contribution is -0.117. The molecular formula is C10H16O3. The van der Waals surface area contributed by atoms with Gasteiger partial charge in [0, 0.05) is 19.4 Å². The van der Waals surface area contributed by atoms with E-state index in [2.05, 4.69) is 0 Å². The van der Waals surface area contributed by atoms with Gasteiger partial charge < -0.3 is 10.2 Å². The highest BCUT2D eigenvalue weighted by atomic mass is 16.3. The van der Waals surface area contributed by atoms with E-state index in [0.717, 1.165) is 0 Å². The number of carbonyl (C=O) groups excluding carboxylic acids is 1. The van der Waals surface area contributed by atoms with Crippen molar-refractivity contribution in [2.45, 2.75) is 25.9 Å². The molecule has 0 bridgehead atoms. The molecule has 0 aromatic carbocycles. The molecule has 0 heterocycles. The van der Waals surface area contributed by atoms with E-state index < -0.39 is 6.10 Å². The second kappa shape index (κ2) is 8.20. The van der Waals surface area contributed by atoms with Crippen LogP contribution < -0.4 is 0 Å². The zero-order valence-electron chi connectivity index (χ0n) is 7.81. The van der Waals surface area contributed by atoms with Gasteiger partial charge in [-0.05, 0) is 25.7 Å². The van der Waals surface area contributed by atoms with E-state index in [1.165, 1.54) is 6.42 Å². The van der Waals surface area contributed by atoms with E-state index >= 15 is 0 Å². The Hall–Kier alpha value is -0.410. The molecule has 0 aliphatic rings. The minimum absolute atomic E-state index is 0.0780. The topological polar surface area (TPSA) is 57.5 Å². The third kappa shape index (κ3) is 7.94. The van der Waals surface area contributed by atoms with Gasteiger partial charge in [0.05, 0.1) is 6.10 Å². The molecule has 74 valence electrons. The van der Waals surface area contributed by atoms with E-state index in [4.69, 9.17) is 10.2 Å². The lowest BCUT2D eigenvalue weighted by Gasteiger charge is -2.06. The van der Waals surface area contributed by atoms with Gasteiger partial charge in [-0.3, -0.25) is 4.79 Å². The van der Waals surface area contributed by atoms with E-state index in [0.29, 0.717) is 0 Å². The maximum Gasteiger partial charge on any atom is 0.139 e. The number of unbranched alkanes of at least 4 members (excludes halogenated alkanes) is 2. The van der Waals surface area contributed by atoms with E-state index in [1.54, 1.807) is 12.8 Å². The van der Waals surface area contributed by atoms with Crippen LogP contribution in [0, 0.1) is 25.7 Å². The molecule has 0 spiro atoms. The predicted molar refractivity (Wildman–Crippen MR) is 50.2 cm³/mol. The first-order valence-electron chi connectivity index (χ1n) is 4.31. The SMILES string of the molecule is C[CH][CH][CH][CH]C(=O)C[C@@H](O)CCO. The Labute approximate surface area is 79.8 Å². The molecule has 13 heavy (non-hydrogen) atoms. The normalized spacial score (nSPS) is 12.8. The van der Waals surface area contributed by atoms with Gasteiger partial charge >= 0.3 is 0 Å². The van der Waals surface area contributed by atoms with Crippen molar-refractivity contribution in [3.8, 4) is 0 Å². The van der Waals surface area contributed by atoms with Crippen LogP contribution in [-0.2, 0) is 4.79 Å². The van der Waals surface area contributed by atoms with Crippen LogP contribution >= 0.6 is 0 Å². The second-order valence-corrected chi connectivity index (χ2v) is 2.72. The Morgan fingerprint density at radius 3 is 2.69 bits per heavy atom. The number of Topliss-reactive ketones (excluding diaryl/α,β-unsaturated/α-hetero) is 1. The molecule has 0 rings (SSSR count). The van der Waals surface area contributed by atoms with Crippen molar-refractivity contribution < 1.29 is 15.0 Å². The number of carbonyl (C=O) groups is 1. The summed E-state index contributed by atoms with van der Waals surface area (Å²) in [4.78, 5) is 11.0. The quantitative estimate of drug-likeness (QED) is 0.541. The van der Waals surface area contributed by atoms with E-state index in [-0.39, 0.29) is 25.2 Å². The second-order valence-electron chi connectivity index (χ2n) is 2.72. The van der Waals surface area contributed by atoms with E-state index in [1.807, 2.05) is 13.3 Å². The maximum absolute atomic E-state index is 11.0. The largest absolute Gasteiger partial charge is 0.396 e. The van der Waals surface area contributed by atoms with Gasteiger partial charge in [0.2, 0.25) is 0 Å². The van der Waals surface area contributed by atoms with Crippen LogP contribution in [0.3, 0.4) is 0 Å². The summed E-state index contributed by atoms with van der Waals surface area (Å²) < 4.78 is 0. The summed E-state index contributed by atoms with van der Waals surface area (Å²) in [6.45, 7) is 1.77. The van der Waals surface area contributed by atoms with Gasteiger partial charge in [0.25, 0.3) is 0 Å². The summed E-state index contributed by atoms with van der Waals surface area (Å²) >= 11 is 0. The number of hydrogen-bond acceptors (Lipinski definition) is 3. The van der Waals surface area contributed by atoms with Crippen molar-refractivity contribution in [1.82, 2.24) is 0 Å². The molecule has 4 radical (unpaired) electrons. The summed E-state index contributed by atoms with van der Waals surface area (Å²) in [6.07, 6.45) is 6.21. The van der Waals surface area contributed by atoms with Crippen molar-refractivity contribution >= 4 is 5.78 Å². The Bertz CT molecular complexity index is 134. The number of ketones is 1. The van der Waals surface area contributed by atoms with Gasteiger partial charge in [-0.1, -0.05) is 6.92 Å². The summed E-state index contributed by atoms with van der Waals surface area (Å²) in [6, 6.07) is 0. The molecule has 0 aliphatic heterocycles. The Morgan fingerprint density at radius 1 is 1.46 bits per heavy atom. The molecule has 0 aromatic heterocycles. The number of aliphatic hydroxyl groups excluding tert-OH is 2. The lowest BCUT2D eigenvalue weighted by Crippen LogP contribution is -2.15. The van der Waals surface area contributed by atoms with E-state index in [9.17, 15) is 4.79 Å². The molecule has 0 amide bonds. The molecule has 0 fully saturated rings. The van der Waals surface area contributed by atoms with Crippen LogP contribution in [0.2, 0.25) is 0 Å². The molecular weight excluding hydrogens is 168 g/mol.